The van der Waals surface area contributed by atoms with Gasteiger partial charge in [0.05, 0.1) is 6.61 Å². The van der Waals surface area contributed by atoms with Crippen LogP contribution in [0.25, 0.3) is 0 Å². The van der Waals surface area contributed by atoms with Crippen molar-refractivity contribution in [3.8, 4) is 0 Å². The van der Waals surface area contributed by atoms with Gasteiger partial charge in [0.2, 0.25) is 0 Å². The first-order valence-corrected chi connectivity index (χ1v) is 6.50. The molecule has 2 nitrogen and oxygen atoms in total. The molecule has 4 aliphatic carbocycles. The third-order valence-corrected chi connectivity index (χ3v) is 5.33. The molecule has 0 saturated heterocycles. The molecule has 0 aromatic carbocycles. The van der Waals surface area contributed by atoms with Crippen LogP contribution in [0.4, 0.5) is 0 Å². The van der Waals surface area contributed by atoms with Crippen LogP contribution < -0.4 is 5.73 Å². The zero-order valence-electron chi connectivity index (χ0n) is 9.65. The van der Waals surface area contributed by atoms with Gasteiger partial charge in [-0.1, -0.05) is 0 Å². The smallest absolute Gasteiger partial charge is 0.0611 e. The fourth-order valence-corrected chi connectivity index (χ4v) is 5.11. The van der Waals surface area contributed by atoms with Crippen molar-refractivity contribution in [3.05, 3.63) is 0 Å². The molecule has 4 saturated carbocycles. The van der Waals surface area contributed by atoms with E-state index in [2.05, 4.69) is 6.92 Å². The van der Waals surface area contributed by atoms with Gasteiger partial charge in [0.15, 0.2) is 0 Å². The lowest BCUT2D eigenvalue weighted by Crippen LogP contribution is -2.59. The van der Waals surface area contributed by atoms with Gasteiger partial charge in [-0.15, -0.1) is 0 Å². The molecule has 3 N–H and O–H groups in total. The van der Waals surface area contributed by atoms with E-state index in [1.807, 2.05) is 0 Å². The topological polar surface area (TPSA) is 46.2 Å². The van der Waals surface area contributed by atoms with E-state index in [1.165, 1.54) is 32.1 Å². The van der Waals surface area contributed by atoms with Crippen LogP contribution in [0.3, 0.4) is 0 Å². The molecule has 1 unspecified atom stereocenters. The Bertz CT molecular complexity index is 233. The minimum absolute atomic E-state index is 0.153. The number of aliphatic hydroxyl groups excluding tert-OH is 1. The van der Waals surface area contributed by atoms with Crippen LogP contribution in [0.1, 0.15) is 39.0 Å². The first-order chi connectivity index (χ1) is 7.10. The fourth-order valence-electron chi connectivity index (χ4n) is 5.11. The quantitative estimate of drug-likeness (QED) is 0.728. The van der Waals surface area contributed by atoms with Crippen molar-refractivity contribution < 1.29 is 5.11 Å². The highest BCUT2D eigenvalue weighted by atomic mass is 16.3. The van der Waals surface area contributed by atoms with E-state index in [0.717, 1.165) is 23.7 Å². The second-order valence-corrected chi connectivity index (χ2v) is 6.62. The van der Waals surface area contributed by atoms with Gasteiger partial charge in [-0.2, -0.15) is 0 Å². The number of aliphatic hydroxyl groups is 1. The molecule has 86 valence electrons. The molecule has 0 amide bonds. The molecule has 0 aromatic heterocycles. The van der Waals surface area contributed by atoms with E-state index in [1.54, 1.807) is 0 Å². The number of hydrogen-bond acceptors (Lipinski definition) is 2. The lowest BCUT2D eigenvalue weighted by Gasteiger charge is -2.58. The maximum atomic E-state index is 9.45. The molecule has 0 aliphatic heterocycles. The first kappa shape index (κ1) is 10.1. The monoisotopic (exact) mass is 209 g/mol. The highest BCUT2D eigenvalue weighted by molar-refractivity contribution is 5.05. The number of rotatable bonds is 2. The zero-order valence-corrected chi connectivity index (χ0v) is 9.65. The first-order valence-electron chi connectivity index (χ1n) is 6.50. The summed E-state index contributed by atoms with van der Waals surface area (Å²) in [4.78, 5) is 0. The normalized spacial score (nSPS) is 51.8. The third kappa shape index (κ3) is 1.45. The third-order valence-electron chi connectivity index (χ3n) is 5.33. The Balaban J connectivity index is 1.86. The molecule has 4 aliphatic rings. The average Bonchev–Trinajstić information content (AvgIpc) is 2.15. The zero-order chi connectivity index (χ0) is 10.6. The standard InChI is InChI=1S/C13H23NO/c1-13(14,7-15)12-10-3-8-2-9(5-10)6-11(12)4-8/h8-12,15H,2-7,14H2,1H3. The van der Waals surface area contributed by atoms with Gasteiger partial charge >= 0.3 is 0 Å². The minimum Gasteiger partial charge on any atom is -0.394 e. The Morgan fingerprint density at radius 1 is 1.07 bits per heavy atom. The molecule has 2 heteroatoms. The van der Waals surface area contributed by atoms with Crippen LogP contribution in [-0.2, 0) is 0 Å². The average molecular weight is 209 g/mol. The molecular weight excluding hydrogens is 186 g/mol. The summed E-state index contributed by atoms with van der Waals surface area (Å²) in [7, 11) is 0. The molecule has 4 rings (SSSR count). The predicted molar refractivity (Wildman–Crippen MR) is 60.2 cm³/mol. The van der Waals surface area contributed by atoms with Gasteiger partial charge in [0.1, 0.15) is 0 Å². The highest BCUT2D eigenvalue weighted by Crippen LogP contribution is 2.58. The van der Waals surface area contributed by atoms with Crippen LogP contribution in [0, 0.1) is 29.6 Å². The Morgan fingerprint density at radius 2 is 1.53 bits per heavy atom. The highest BCUT2D eigenvalue weighted by Gasteiger charge is 2.52. The number of nitrogens with two attached hydrogens (primary N) is 1. The summed E-state index contributed by atoms with van der Waals surface area (Å²) in [5, 5.41) is 9.45. The van der Waals surface area contributed by atoms with Gasteiger partial charge in [-0.25, -0.2) is 0 Å². The summed E-state index contributed by atoms with van der Waals surface area (Å²) >= 11 is 0. The second kappa shape index (κ2) is 3.21. The Hall–Kier alpha value is -0.0800. The van der Waals surface area contributed by atoms with Gasteiger partial charge in [-0.3, -0.25) is 0 Å². The Labute approximate surface area is 92.2 Å². The van der Waals surface area contributed by atoms with Crippen molar-refractivity contribution in [1.82, 2.24) is 0 Å². The Kier molecular flexibility index (Phi) is 2.16. The second-order valence-electron chi connectivity index (χ2n) is 6.62. The van der Waals surface area contributed by atoms with E-state index >= 15 is 0 Å². The predicted octanol–water partition coefficient (Wildman–Crippen LogP) is 1.77. The lowest BCUT2D eigenvalue weighted by molar-refractivity contribution is -0.0758. The van der Waals surface area contributed by atoms with Crippen LogP contribution in [0.15, 0.2) is 0 Å². The summed E-state index contributed by atoms with van der Waals surface area (Å²) in [5.74, 6) is 4.23. The van der Waals surface area contributed by atoms with Crippen molar-refractivity contribution in [2.24, 2.45) is 35.3 Å². The molecule has 0 aromatic rings. The van der Waals surface area contributed by atoms with Crippen LogP contribution in [-0.4, -0.2) is 17.3 Å². The molecule has 1 atom stereocenters. The summed E-state index contributed by atoms with van der Waals surface area (Å²) < 4.78 is 0. The maximum Gasteiger partial charge on any atom is 0.0611 e. The van der Waals surface area contributed by atoms with Gasteiger partial charge in [0, 0.05) is 5.54 Å². The molecule has 0 heterocycles. The maximum absolute atomic E-state index is 9.45. The van der Waals surface area contributed by atoms with Gasteiger partial charge in [-0.05, 0) is 68.6 Å². The van der Waals surface area contributed by atoms with Crippen molar-refractivity contribution in [1.29, 1.82) is 0 Å². The van der Waals surface area contributed by atoms with Crippen LogP contribution >= 0.6 is 0 Å². The van der Waals surface area contributed by atoms with E-state index in [4.69, 9.17) is 5.73 Å². The minimum atomic E-state index is -0.331. The van der Waals surface area contributed by atoms with E-state index in [0.29, 0.717) is 5.92 Å². The van der Waals surface area contributed by atoms with E-state index in [9.17, 15) is 5.11 Å². The van der Waals surface area contributed by atoms with Gasteiger partial charge < -0.3 is 10.8 Å². The van der Waals surface area contributed by atoms with Crippen molar-refractivity contribution in [3.63, 3.8) is 0 Å². The summed E-state index contributed by atoms with van der Waals surface area (Å²) in [5.41, 5.74) is 5.96. The van der Waals surface area contributed by atoms with Crippen molar-refractivity contribution in [2.45, 2.75) is 44.6 Å². The van der Waals surface area contributed by atoms with E-state index in [-0.39, 0.29) is 12.1 Å². The van der Waals surface area contributed by atoms with Gasteiger partial charge in [0.25, 0.3) is 0 Å². The summed E-state index contributed by atoms with van der Waals surface area (Å²) in [6.07, 6.45) is 7.06. The van der Waals surface area contributed by atoms with E-state index < -0.39 is 0 Å². The summed E-state index contributed by atoms with van der Waals surface area (Å²) in [6, 6.07) is 0. The van der Waals surface area contributed by atoms with Crippen molar-refractivity contribution >= 4 is 0 Å². The molecule has 0 radical (unpaired) electrons. The fraction of sp³-hybridized carbons (Fsp3) is 1.00. The number of hydrogen-bond donors (Lipinski definition) is 2. The molecule has 0 spiro atoms. The lowest BCUT2D eigenvalue weighted by atomic mass is 9.48. The Morgan fingerprint density at radius 3 is 1.93 bits per heavy atom. The largest absolute Gasteiger partial charge is 0.394 e. The molecule has 4 fully saturated rings. The van der Waals surface area contributed by atoms with Crippen LogP contribution in [0.2, 0.25) is 0 Å². The molecular formula is C13H23NO. The SMILES string of the molecule is CC(N)(CO)C1C2CC3CC(C2)CC1C3. The van der Waals surface area contributed by atoms with Crippen molar-refractivity contribution in [2.75, 3.05) is 6.61 Å². The molecule has 4 bridgehead atoms. The summed E-state index contributed by atoms with van der Waals surface area (Å²) in [6.45, 7) is 2.21. The molecule has 15 heavy (non-hydrogen) atoms. The van der Waals surface area contributed by atoms with Crippen LogP contribution in [0.5, 0.6) is 0 Å².